The maximum absolute atomic E-state index is 12.2. The first-order valence-electron chi connectivity index (χ1n) is 6.74. The maximum Gasteiger partial charge on any atom is 0.226 e. The van der Waals surface area contributed by atoms with Crippen molar-refractivity contribution >= 4 is 18.3 Å². The minimum Gasteiger partial charge on any atom is -0.356 e. The smallest absolute Gasteiger partial charge is 0.226 e. The standard InChI is InChI=1S/C15H22N2O.ClH/c1-16-10-5-11-17-14(18)15(8-9-15)12-13-6-3-2-4-7-13;/h2-4,6-7,16H,5,8-12H2,1H3,(H,17,18);1H. The highest BCUT2D eigenvalue weighted by atomic mass is 35.5. The van der Waals surface area contributed by atoms with E-state index in [1.807, 2.05) is 25.2 Å². The number of benzene rings is 1. The molecule has 106 valence electrons. The summed E-state index contributed by atoms with van der Waals surface area (Å²) in [6.07, 6.45) is 3.93. The number of carbonyl (C=O) groups excluding carboxylic acids is 1. The molecule has 2 N–H and O–H groups in total. The van der Waals surface area contributed by atoms with Gasteiger partial charge in [0.05, 0.1) is 5.41 Å². The van der Waals surface area contributed by atoms with Gasteiger partial charge in [-0.3, -0.25) is 4.79 Å². The molecule has 1 fully saturated rings. The van der Waals surface area contributed by atoms with Crippen molar-refractivity contribution in [2.75, 3.05) is 20.1 Å². The summed E-state index contributed by atoms with van der Waals surface area (Å²) in [7, 11) is 1.93. The van der Waals surface area contributed by atoms with Crippen molar-refractivity contribution in [3.8, 4) is 0 Å². The first kappa shape index (κ1) is 16.0. The Hall–Kier alpha value is -1.06. The Kier molecular flexibility index (Phi) is 6.32. The Bertz CT molecular complexity index is 390. The van der Waals surface area contributed by atoms with E-state index in [9.17, 15) is 4.79 Å². The topological polar surface area (TPSA) is 41.1 Å². The molecule has 0 heterocycles. The van der Waals surface area contributed by atoms with E-state index in [4.69, 9.17) is 0 Å². The molecule has 1 aromatic rings. The van der Waals surface area contributed by atoms with E-state index < -0.39 is 0 Å². The number of rotatable bonds is 7. The van der Waals surface area contributed by atoms with E-state index in [0.29, 0.717) is 0 Å². The Balaban J connectivity index is 0.00000180. The van der Waals surface area contributed by atoms with Crippen LogP contribution in [0.4, 0.5) is 0 Å². The summed E-state index contributed by atoms with van der Waals surface area (Å²) in [4.78, 5) is 12.2. The summed E-state index contributed by atoms with van der Waals surface area (Å²) in [6, 6.07) is 10.3. The summed E-state index contributed by atoms with van der Waals surface area (Å²) >= 11 is 0. The number of carbonyl (C=O) groups is 1. The first-order valence-corrected chi connectivity index (χ1v) is 6.74. The quantitative estimate of drug-likeness (QED) is 0.753. The van der Waals surface area contributed by atoms with E-state index in [-0.39, 0.29) is 23.7 Å². The van der Waals surface area contributed by atoms with Crippen LogP contribution in [0, 0.1) is 5.41 Å². The molecule has 0 unspecified atom stereocenters. The lowest BCUT2D eigenvalue weighted by Gasteiger charge is -2.15. The lowest BCUT2D eigenvalue weighted by molar-refractivity contribution is -0.126. The fourth-order valence-corrected chi connectivity index (χ4v) is 2.28. The Morgan fingerprint density at radius 3 is 2.47 bits per heavy atom. The molecule has 0 aliphatic heterocycles. The summed E-state index contributed by atoms with van der Waals surface area (Å²) in [5.41, 5.74) is 1.15. The molecule has 1 aromatic carbocycles. The van der Waals surface area contributed by atoms with Gasteiger partial charge in [0.1, 0.15) is 0 Å². The van der Waals surface area contributed by atoms with Crippen LogP contribution in [0.2, 0.25) is 0 Å². The summed E-state index contributed by atoms with van der Waals surface area (Å²) in [5, 5.41) is 6.15. The van der Waals surface area contributed by atoms with Gasteiger partial charge in [-0.15, -0.1) is 12.4 Å². The van der Waals surface area contributed by atoms with Crippen LogP contribution in [0.25, 0.3) is 0 Å². The summed E-state index contributed by atoms with van der Waals surface area (Å²) in [6.45, 7) is 1.72. The highest BCUT2D eigenvalue weighted by Crippen LogP contribution is 2.48. The molecule has 1 saturated carbocycles. The molecule has 1 amide bonds. The zero-order valence-electron chi connectivity index (χ0n) is 11.4. The van der Waals surface area contributed by atoms with Gasteiger partial charge in [0, 0.05) is 6.54 Å². The number of hydrogen-bond acceptors (Lipinski definition) is 2. The van der Waals surface area contributed by atoms with Crippen molar-refractivity contribution in [3.63, 3.8) is 0 Å². The van der Waals surface area contributed by atoms with Crippen LogP contribution >= 0.6 is 12.4 Å². The molecule has 4 heteroatoms. The number of hydrogen-bond donors (Lipinski definition) is 2. The third-order valence-electron chi connectivity index (χ3n) is 3.61. The van der Waals surface area contributed by atoms with Gasteiger partial charge >= 0.3 is 0 Å². The van der Waals surface area contributed by atoms with E-state index in [1.54, 1.807) is 0 Å². The fourth-order valence-electron chi connectivity index (χ4n) is 2.28. The van der Waals surface area contributed by atoms with Gasteiger partial charge < -0.3 is 10.6 Å². The molecule has 0 radical (unpaired) electrons. The van der Waals surface area contributed by atoms with E-state index in [2.05, 4.69) is 22.8 Å². The average molecular weight is 283 g/mol. The summed E-state index contributed by atoms with van der Waals surface area (Å²) in [5.74, 6) is 0.238. The second-order valence-electron chi connectivity index (χ2n) is 5.16. The normalized spacial score (nSPS) is 15.4. The van der Waals surface area contributed by atoms with Crippen molar-refractivity contribution < 1.29 is 4.79 Å². The average Bonchev–Trinajstić information content (AvgIpc) is 3.16. The second kappa shape index (κ2) is 7.51. The second-order valence-corrected chi connectivity index (χ2v) is 5.16. The molecule has 0 atom stereocenters. The van der Waals surface area contributed by atoms with E-state index in [0.717, 1.165) is 38.8 Å². The lowest BCUT2D eigenvalue weighted by Crippen LogP contribution is -2.34. The molecule has 3 nitrogen and oxygen atoms in total. The monoisotopic (exact) mass is 282 g/mol. The van der Waals surface area contributed by atoms with Crippen LogP contribution in [0.15, 0.2) is 30.3 Å². The van der Waals surface area contributed by atoms with Crippen molar-refractivity contribution in [3.05, 3.63) is 35.9 Å². The molecule has 0 aromatic heterocycles. The van der Waals surface area contributed by atoms with Crippen molar-refractivity contribution in [2.45, 2.75) is 25.7 Å². The molecular formula is C15H23ClN2O. The summed E-state index contributed by atoms with van der Waals surface area (Å²) < 4.78 is 0. The first-order chi connectivity index (χ1) is 8.77. The number of halogens is 1. The molecule has 1 aliphatic carbocycles. The zero-order valence-corrected chi connectivity index (χ0v) is 12.3. The molecular weight excluding hydrogens is 260 g/mol. The Morgan fingerprint density at radius 1 is 1.21 bits per heavy atom. The SMILES string of the molecule is CNCCCNC(=O)C1(Cc2ccccc2)CC1.Cl. The van der Waals surface area contributed by atoms with Crippen LogP contribution in [0.5, 0.6) is 0 Å². The molecule has 2 rings (SSSR count). The molecule has 0 bridgehead atoms. The molecule has 19 heavy (non-hydrogen) atoms. The van der Waals surface area contributed by atoms with Gasteiger partial charge in [-0.25, -0.2) is 0 Å². The van der Waals surface area contributed by atoms with Gasteiger partial charge in [-0.05, 0) is 44.8 Å². The molecule has 0 spiro atoms. The van der Waals surface area contributed by atoms with Gasteiger partial charge in [0.15, 0.2) is 0 Å². The van der Waals surface area contributed by atoms with Gasteiger partial charge in [-0.1, -0.05) is 30.3 Å². The van der Waals surface area contributed by atoms with Gasteiger partial charge in [0.2, 0.25) is 5.91 Å². The third kappa shape index (κ3) is 4.51. The molecule has 1 aliphatic rings. The highest BCUT2D eigenvalue weighted by molar-refractivity contribution is 5.85. The van der Waals surface area contributed by atoms with Crippen molar-refractivity contribution in [1.82, 2.24) is 10.6 Å². The van der Waals surface area contributed by atoms with E-state index in [1.165, 1.54) is 5.56 Å². The van der Waals surface area contributed by atoms with Crippen LogP contribution < -0.4 is 10.6 Å². The predicted octanol–water partition coefficient (Wildman–Crippen LogP) is 2.16. The van der Waals surface area contributed by atoms with Crippen LogP contribution in [0.3, 0.4) is 0 Å². The largest absolute Gasteiger partial charge is 0.356 e. The van der Waals surface area contributed by atoms with Crippen molar-refractivity contribution in [1.29, 1.82) is 0 Å². The van der Waals surface area contributed by atoms with Crippen LogP contribution in [-0.4, -0.2) is 26.0 Å². The Labute approximate surface area is 121 Å². The predicted molar refractivity (Wildman–Crippen MR) is 80.6 cm³/mol. The minimum absolute atomic E-state index is 0. The van der Waals surface area contributed by atoms with Crippen LogP contribution in [-0.2, 0) is 11.2 Å². The highest BCUT2D eigenvalue weighted by Gasteiger charge is 2.49. The number of amides is 1. The Morgan fingerprint density at radius 2 is 1.89 bits per heavy atom. The van der Waals surface area contributed by atoms with Crippen LogP contribution in [0.1, 0.15) is 24.8 Å². The molecule has 0 saturated heterocycles. The zero-order chi connectivity index (χ0) is 12.8. The van der Waals surface area contributed by atoms with Gasteiger partial charge in [0.25, 0.3) is 0 Å². The number of nitrogens with one attached hydrogen (secondary N) is 2. The minimum atomic E-state index is -0.110. The van der Waals surface area contributed by atoms with Gasteiger partial charge in [-0.2, -0.15) is 0 Å². The van der Waals surface area contributed by atoms with Crippen molar-refractivity contribution in [2.24, 2.45) is 5.41 Å². The fraction of sp³-hybridized carbons (Fsp3) is 0.533. The maximum atomic E-state index is 12.2. The third-order valence-corrected chi connectivity index (χ3v) is 3.61. The lowest BCUT2D eigenvalue weighted by atomic mass is 9.95. The van der Waals surface area contributed by atoms with E-state index >= 15 is 0 Å².